The normalized spacial score (nSPS) is 18.5. The maximum absolute atomic E-state index is 6.70. The lowest BCUT2D eigenvalue weighted by atomic mass is 9.84. The van der Waals surface area contributed by atoms with Crippen LogP contribution in [-0.4, -0.2) is 21.0 Å². The molecule has 2 atom stereocenters. The summed E-state index contributed by atoms with van der Waals surface area (Å²) in [5.74, 6) is 1.42. The first-order valence-corrected chi connectivity index (χ1v) is 12.8. The van der Waals surface area contributed by atoms with Crippen molar-refractivity contribution < 1.29 is 4.74 Å². The van der Waals surface area contributed by atoms with Crippen LogP contribution in [0.1, 0.15) is 34.4 Å². The molecule has 0 saturated carbocycles. The Morgan fingerprint density at radius 3 is 2.59 bits per heavy atom. The fraction of sp³-hybridized carbons (Fsp3) is 0.154. The van der Waals surface area contributed by atoms with Gasteiger partial charge in [-0.05, 0) is 43.0 Å². The predicted octanol–water partition coefficient (Wildman–Crippen LogP) is 7.18. The number of hydrogen-bond acceptors (Lipinski definition) is 5. The molecule has 3 aromatic carbocycles. The molecule has 4 aromatic rings. The largest absolute Gasteiger partial charge is 0.480 e. The van der Waals surface area contributed by atoms with E-state index in [9.17, 15) is 0 Å². The fourth-order valence-corrected chi connectivity index (χ4v) is 5.34. The van der Waals surface area contributed by atoms with Gasteiger partial charge in [0.25, 0.3) is 0 Å². The zero-order chi connectivity index (χ0) is 23.4. The van der Waals surface area contributed by atoms with Gasteiger partial charge in [-0.3, -0.25) is 0 Å². The molecule has 1 aromatic heterocycles. The highest BCUT2D eigenvalue weighted by Crippen LogP contribution is 2.52. The summed E-state index contributed by atoms with van der Waals surface area (Å²) in [6.45, 7) is 2.08. The second kappa shape index (κ2) is 8.38. The molecule has 0 spiro atoms. The average Bonchev–Trinajstić information content (AvgIpc) is 3.26. The van der Waals surface area contributed by atoms with E-state index in [1.807, 2.05) is 53.4 Å². The summed E-state index contributed by atoms with van der Waals surface area (Å²) in [6, 6.07) is 21.7. The Hall–Kier alpha value is -2.93. The molecular formula is C26H20Cl2N4OS. The van der Waals surface area contributed by atoms with Gasteiger partial charge in [0.15, 0.2) is 6.10 Å². The number of benzene rings is 3. The summed E-state index contributed by atoms with van der Waals surface area (Å²) < 4.78 is 8.58. The van der Waals surface area contributed by atoms with Gasteiger partial charge in [-0.25, -0.2) is 4.68 Å². The third kappa shape index (κ3) is 3.49. The Kier molecular flexibility index (Phi) is 5.32. The van der Waals surface area contributed by atoms with Crippen LogP contribution in [0.5, 0.6) is 5.75 Å². The lowest BCUT2D eigenvalue weighted by Crippen LogP contribution is -2.32. The number of rotatable bonds is 3. The molecule has 3 heterocycles. The van der Waals surface area contributed by atoms with Gasteiger partial charge in [-0.1, -0.05) is 83.0 Å². The minimum atomic E-state index is -0.425. The van der Waals surface area contributed by atoms with E-state index in [1.54, 1.807) is 0 Å². The highest BCUT2D eigenvalue weighted by Gasteiger charge is 2.42. The highest BCUT2D eigenvalue weighted by atomic mass is 35.5. The van der Waals surface area contributed by atoms with Gasteiger partial charge < -0.3 is 10.1 Å². The molecule has 6 rings (SSSR count). The zero-order valence-electron chi connectivity index (χ0n) is 18.4. The van der Waals surface area contributed by atoms with Crippen LogP contribution in [0.15, 0.2) is 77.5 Å². The van der Waals surface area contributed by atoms with Crippen LogP contribution in [-0.2, 0) is 0 Å². The molecule has 5 nitrogen and oxygen atoms in total. The van der Waals surface area contributed by atoms with Gasteiger partial charge in [0.1, 0.15) is 11.8 Å². The van der Waals surface area contributed by atoms with Crippen LogP contribution in [0.4, 0.5) is 5.95 Å². The maximum Gasteiger partial charge on any atom is 0.227 e. The fourth-order valence-electron chi connectivity index (χ4n) is 4.58. The summed E-state index contributed by atoms with van der Waals surface area (Å²) in [5.41, 5.74) is 6.00. The summed E-state index contributed by atoms with van der Waals surface area (Å²) in [6.07, 6.45) is 1.55. The van der Waals surface area contributed by atoms with Gasteiger partial charge in [-0.15, -0.1) is 5.10 Å². The second-order valence-electron chi connectivity index (χ2n) is 8.30. The Morgan fingerprint density at radius 1 is 1.03 bits per heavy atom. The number of hydrogen-bond donors (Lipinski definition) is 1. The summed E-state index contributed by atoms with van der Waals surface area (Å²) in [4.78, 5) is 4.73. The van der Waals surface area contributed by atoms with Crippen molar-refractivity contribution in [2.24, 2.45) is 0 Å². The molecule has 2 aliphatic rings. The molecule has 0 aliphatic carbocycles. The number of anilines is 1. The molecule has 0 amide bonds. The first-order valence-electron chi connectivity index (χ1n) is 10.8. The molecule has 0 fully saturated rings. The Bertz CT molecular complexity index is 1450. The van der Waals surface area contributed by atoms with E-state index in [4.69, 9.17) is 38.0 Å². The van der Waals surface area contributed by atoms with Gasteiger partial charge in [-0.2, -0.15) is 4.98 Å². The van der Waals surface area contributed by atoms with Crippen molar-refractivity contribution in [2.75, 3.05) is 11.6 Å². The first-order chi connectivity index (χ1) is 16.5. The van der Waals surface area contributed by atoms with Gasteiger partial charge in [0.05, 0.1) is 5.70 Å². The van der Waals surface area contributed by atoms with E-state index in [0.29, 0.717) is 21.2 Å². The van der Waals surface area contributed by atoms with E-state index >= 15 is 0 Å². The van der Waals surface area contributed by atoms with E-state index < -0.39 is 6.10 Å². The average molecular weight is 507 g/mol. The summed E-state index contributed by atoms with van der Waals surface area (Å²) in [5, 5.41) is 10.3. The van der Waals surface area contributed by atoms with Crippen LogP contribution in [0.25, 0.3) is 5.70 Å². The van der Waals surface area contributed by atoms with Crippen LogP contribution in [0, 0.1) is 6.92 Å². The maximum atomic E-state index is 6.70. The molecular weight excluding hydrogens is 487 g/mol. The number of halogens is 2. The van der Waals surface area contributed by atoms with Crippen LogP contribution >= 0.6 is 35.0 Å². The molecule has 0 unspecified atom stereocenters. The number of nitrogens with zero attached hydrogens (tertiary/aromatic N) is 3. The van der Waals surface area contributed by atoms with Crippen LogP contribution in [0.2, 0.25) is 10.0 Å². The summed E-state index contributed by atoms with van der Waals surface area (Å²) in [7, 11) is 0. The van der Waals surface area contributed by atoms with E-state index in [1.165, 1.54) is 17.3 Å². The number of nitrogens with one attached hydrogen (secondary N) is 1. The van der Waals surface area contributed by atoms with Crippen molar-refractivity contribution in [3.63, 3.8) is 0 Å². The molecule has 0 bridgehead atoms. The quantitative estimate of drug-likeness (QED) is 0.298. The minimum Gasteiger partial charge on any atom is -0.480 e. The number of fused-ring (bicyclic) bond motifs is 3. The van der Waals surface area contributed by atoms with E-state index in [-0.39, 0.29) is 6.04 Å². The van der Waals surface area contributed by atoms with Gasteiger partial charge in [0.2, 0.25) is 11.1 Å². The number of thioether (sulfide) groups is 1. The second-order valence-corrected chi connectivity index (χ2v) is 9.91. The topological polar surface area (TPSA) is 52.0 Å². The SMILES string of the molecule is CSc1nc2n(n1)[C@H](c1ccc(C)cc1)C1=C(N2)c2cc(Cl)ccc2O[C@@H]1c1ccccc1Cl. The van der Waals surface area contributed by atoms with Crippen molar-refractivity contribution in [1.82, 2.24) is 14.8 Å². The molecule has 1 N–H and O–H groups in total. The van der Waals surface area contributed by atoms with Crippen molar-refractivity contribution in [2.45, 2.75) is 24.2 Å². The number of ether oxygens (including phenoxy) is 1. The Labute approximate surface area is 211 Å². The van der Waals surface area contributed by atoms with Gasteiger partial charge >= 0.3 is 0 Å². The van der Waals surface area contributed by atoms with Crippen LogP contribution in [0.3, 0.4) is 0 Å². The van der Waals surface area contributed by atoms with Crippen molar-refractivity contribution in [1.29, 1.82) is 0 Å². The van der Waals surface area contributed by atoms with Crippen molar-refractivity contribution in [3.8, 4) is 5.75 Å². The lowest BCUT2D eigenvalue weighted by Gasteiger charge is -2.39. The first kappa shape index (κ1) is 21.6. The molecule has 0 saturated heterocycles. The molecule has 34 heavy (non-hydrogen) atoms. The monoisotopic (exact) mass is 506 g/mol. The third-order valence-corrected chi connectivity index (χ3v) is 7.30. The number of aromatic nitrogens is 3. The zero-order valence-corrected chi connectivity index (χ0v) is 20.7. The van der Waals surface area contributed by atoms with Crippen LogP contribution < -0.4 is 10.1 Å². The van der Waals surface area contributed by atoms with Gasteiger partial charge in [0, 0.05) is 26.7 Å². The number of aryl methyl sites for hydroxylation is 1. The Balaban J connectivity index is 1.66. The molecule has 8 heteroatoms. The van der Waals surface area contributed by atoms with Crippen molar-refractivity contribution >= 4 is 46.6 Å². The third-order valence-electron chi connectivity index (χ3n) is 6.18. The minimum absolute atomic E-state index is 0.242. The predicted molar refractivity (Wildman–Crippen MR) is 138 cm³/mol. The molecule has 0 radical (unpaired) electrons. The lowest BCUT2D eigenvalue weighted by molar-refractivity contribution is 0.223. The molecule has 170 valence electrons. The highest BCUT2D eigenvalue weighted by molar-refractivity contribution is 7.98. The van der Waals surface area contributed by atoms with Crippen molar-refractivity contribution in [3.05, 3.63) is 105 Å². The summed E-state index contributed by atoms with van der Waals surface area (Å²) >= 11 is 14.6. The van der Waals surface area contributed by atoms with E-state index in [2.05, 4.69) is 36.5 Å². The molecule has 2 aliphatic heterocycles. The van der Waals surface area contributed by atoms with E-state index in [0.717, 1.165) is 33.7 Å². The smallest absolute Gasteiger partial charge is 0.227 e. The Morgan fingerprint density at radius 2 is 1.82 bits per heavy atom. The standard InChI is InChI=1S/C26H20Cl2N4OS/c1-14-7-9-15(10-8-14)23-21-22(29-25-30-26(34-2)31-32(23)25)18-13-16(27)11-12-20(18)33-24(21)17-5-3-4-6-19(17)28/h3-13,23-24H,1-2H3,(H,29,30,31)/t23-,24-/m1/s1.